The quantitative estimate of drug-likeness (QED) is 0.210. The maximum atomic E-state index is 14.0. The fraction of sp³-hybridized carbons (Fsp3) is 0.471. The van der Waals surface area contributed by atoms with E-state index in [0.29, 0.717) is 30.7 Å². The van der Waals surface area contributed by atoms with Crippen LogP contribution in [0, 0.1) is 0 Å². The highest BCUT2D eigenvalue weighted by atomic mass is 16.6. The van der Waals surface area contributed by atoms with Crippen LogP contribution in [0.5, 0.6) is 0 Å². The van der Waals surface area contributed by atoms with Crippen LogP contribution in [0.4, 0.5) is 9.59 Å². The maximum absolute atomic E-state index is 14.0. The van der Waals surface area contributed by atoms with Crippen molar-refractivity contribution in [3.05, 3.63) is 71.5 Å². The molecule has 0 unspecified atom stereocenters. The average molecular weight is 622 g/mol. The third-order valence-corrected chi connectivity index (χ3v) is 7.59. The number of carbonyl (C=O) groups excluding carboxylic acids is 3. The highest BCUT2D eigenvalue weighted by Crippen LogP contribution is 2.32. The van der Waals surface area contributed by atoms with Gasteiger partial charge in [0.05, 0.1) is 6.42 Å². The number of carboxylic acid groups (broad SMARTS) is 1. The summed E-state index contributed by atoms with van der Waals surface area (Å²) in [4.78, 5) is 52.0. The Morgan fingerprint density at radius 3 is 2.51 bits per heavy atom. The molecule has 1 aromatic heterocycles. The molecule has 4 rings (SSSR count). The lowest BCUT2D eigenvalue weighted by molar-refractivity contribution is -0.137. The minimum absolute atomic E-state index is 0.0597. The Hall–Kier alpha value is -4.54. The Labute approximate surface area is 263 Å². The molecule has 0 saturated carbocycles. The number of furan rings is 1. The minimum atomic E-state index is -0.908. The van der Waals surface area contributed by atoms with Gasteiger partial charge in [0.25, 0.3) is 0 Å². The molecule has 2 atom stereocenters. The molecule has 1 saturated heterocycles. The van der Waals surface area contributed by atoms with Crippen molar-refractivity contribution >= 4 is 35.0 Å². The highest BCUT2D eigenvalue weighted by Gasteiger charge is 2.35. The molecule has 0 radical (unpaired) electrons. The first-order valence-electron chi connectivity index (χ1n) is 15.5. The zero-order valence-corrected chi connectivity index (χ0v) is 26.2. The first kappa shape index (κ1) is 33.4. The van der Waals surface area contributed by atoms with Gasteiger partial charge in [-0.2, -0.15) is 0 Å². The van der Waals surface area contributed by atoms with Gasteiger partial charge in [-0.15, -0.1) is 0 Å². The van der Waals surface area contributed by atoms with Crippen LogP contribution in [0.25, 0.3) is 11.0 Å². The molecule has 2 aromatic carbocycles. The van der Waals surface area contributed by atoms with Crippen LogP contribution in [0.3, 0.4) is 0 Å². The molecule has 2 heterocycles. The number of ether oxygens (including phenoxy) is 2. The molecule has 11 nitrogen and oxygen atoms in total. The predicted molar refractivity (Wildman–Crippen MR) is 168 cm³/mol. The lowest BCUT2D eigenvalue weighted by Gasteiger charge is -2.30. The summed E-state index contributed by atoms with van der Waals surface area (Å²) in [6.45, 7) is 6.19. The monoisotopic (exact) mass is 621 g/mol. The number of alkyl carbamates (subject to hydrolysis) is 2. The third kappa shape index (κ3) is 9.99. The van der Waals surface area contributed by atoms with Crippen molar-refractivity contribution < 1.29 is 38.2 Å². The summed E-state index contributed by atoms with van der Waals surface area (Å²) < 4.78 is 16.8. The number of nitrogens with zero attached hydrogens (tertiary/aromatic N) is 1. The predicted octanol–water partition coefficient (Wildman–Crippen LogP) is 5.58. The number of aryl methyl sites for hydroxylation is 1. The molecule has 1 aliphatic heterocycles. The Morgan fingerprint density at radius 2 is 1.78 bits per heavy atom. The lowest BCUT2D eigenvalue weighted by atomic mass is 9.98. The number of hydrogen-bond acceptors (Lipinski definition) is 7. The number of rotatable bonds is 13. The lowest BCUT2D eigenvalue weighted by Crippen LogP contribution is -2.51. The van der Waals surface area contributed by atoms with Gasteiger partial charge >= 0.3 is 18.2 Å². The van der Waals surface area contributed by atoms with Crippen LogP contribution in [-0.4, -0.2) is 64.8 Å². The number of benzene rings is 2. The molecular weight excluding hydrogens is 578 g/mol. The van der Waals surface area contributed by atoms with E-state index in [9.17, 15) is 24.3 Å². The van der Waals surface area contributed by atoms with E-state index in [-0.39, 0.29) is 44.4 Å². The van der Waals surface area contributed by atoms with E-state index in [0.717, 1.165) is 29.4 Å². The standard InChI is InChI=1S/C34H43N3O8/c1-34(2,3)45-33(42)36-27(15-9-19-35-32(41)43-22-23-11-5-4-6-12-23)31(40)37-20-10-13-24(37)21-26-25-14-7-8-16-28(25)44-29(26)17-18-30(38)39/h4-8,11-12,14,16,24,27H,9-10,13,15,17-22H2,1-3H3,(H,35,41)(H,36,42)(H,38,39)/t24-,27-/m0/s1. The number of likely N-dealkylation sites (tertiary alicyclic amines) is 1. The van der Waals surface area contributed by atoms with E-state index in [2.05, 4.69) is 10.6 Å². The molecule has 242 valence electrons. The van der Waals surface area contributed by atoms with Gasteiger partial charge in [-0.05, 0) is 64.5 Å². The Balaban J connectivity index is 1.42. The zero-order chi connectivity index (χ0) is 32.4. The van der Waals surface area contributed by atoms with Gasteiger partial charge in [-0.1, -0.05) is 48.5 Å². The number of amides is 3. The summed E-state index contributed by atoms with van der Waals surface area (Å²) in [5, 5.41) is 15.6. The van der Waals surface area contributed by atoms with Crippen molar-refractivity contribution in [3.8, 4) is 0 Å². The second kappa shape index (κ2) is 15.5. The molecule has 3 aromatic rings. The summed E-state index contributed by atoms with van der Waals surface area (Å²) in [6.07, 6.45) is 1.69. The molecule has 45 heavy (non-hydrogen) atoms. The van der Waals surface area contributed by atoms with Crippen molar-refractivity contribution in [1.29, 1.82) is 0 Å². The molecule has 0 bridgehead atoms. The van der Waals surface area contributed by atoms with Crippen molar-refractivity contribution in [3.63, 3.8) is 0 Å². The number of fused-ring (bicyclic) bond motifs is 1. The number of nitrogens with one attached hydrogen (secondary N) is 2. The number of hydrogen-bond donors (Lipinski definition) is 3. The highest BCUT2D eigenvalue weighted by molar-refractivity contribution is 5.87. The van der Waals surface area contributed by atoms with Crippen LogP contribution >= 0.6 is 0 Å². The van der Waals surface area contributed by atoms with Crippen LogP contribution in [0.15, 0.2) is 59.0 Å². The first-order chi connectivity index (χ1) is 21.5. The molecule has 0 aliphatic carbocycles. The summed E-state index contributed by atoms with van der Waals surface area (Å²) in [7, 11) is 0. The normalized spacial score (nSPS) is 15.4. The van der Waals surface area contributed by atoms with E-state index in [4.69, 9.17) is 13.9 Å². The zero-order valence-electron chi connectivity index (χ0n) is 26.2. The van der Waals surface area contributed by atoms with E-state index in [1.54, 1.807) is 25.7 Å². The second-order valence-electron chi connectivity index (χ2n) is 12.3. The van der Waals surface area contributed by atoms with Gasteiger partial charge in [0.15, 0.2) is 0 Å². The summed E-state index contributed by atoms with van der Waals surface area (Å²) >= 11 is 0. The van der Waals surface area contributed by atoms with E-state index >= 15 is 0 Å². The number of para-hydroxylation sites is 1. The minimum Gasteiger partial charge on any atom is -0.481 e. The number of aliphatic carboxylic acids is 1. The van der Waals surface area contributed by atoms with Gasteiger partial charge in [0.1, 0.15) is 29.6 Å². The molecule has 0 spiro atoms. The molecule has 1 aliphatic rings. The SMILES string of the molecule is CC(C)(C)OC(=O)N[C@@H](CCCNC(=O)OCc1ccccc1)C(=O)N1CCC[C@H]1Cc1c(CCC(=O)O)oc2ccccc12. The average Bonchev–Trinajstić information content (AvgIpc) is 3.60. The van der Waals surface area contributed by atoms with Crippen LogP contribution in [0.1, 0.15) is 69.8 Å². The summed E-state index contributed by atoms with van der Waals surface area (Å²) in [6, 6.07) is 15.9. The Bertz CT molecular complexity index is 1460. The van der Waals surface area contributed by atoms with Crippen LogP contribution < -0.4 is 10.6 Å². The fourth-order valence-corrected chi connectivity index (χ4v) is 5.55. The Morgan fingerprint density at radius 1 is 1.04 bits per heavy atom. The fourth-order valence-electron chi connectivity index (χ4n) is 5.55. The van der Waals surface area contributed by atoms with Gasteiger partial charge < -0.3 is 34.5 Å². The van der Waals surface area contributed by atoms with Gasteiger partial charge in [-0.25, -0.2) is 9.59 Å². The smallest absolute Gasteiger partial charge is 0.408 e. The molecule has 3 N–H and O–H groups in total. The second-order valence-corrected chi connectivity index (χ2v) is 12.3. The van der Waals surface area contributed by atoms with Crippen molar-refractivity contribution in [2.45, 2.75) is 90.0 Å². The third-order valence-electron chi connectivity index (χ3n) is 7.59. The molecule has 11 heteroatoms. The Kier molecular flexibility index (Phi) is 11.5. The van der Waals surface area contributed by atoms with Crippen LogP contribution in [0.2, 0.25) is 0 Å². The summed E-state index contributed by atoms with van der Waals surface area (Å²) in [5.74, 6) is -0.518. The van der Waals surface area contributed by atoms with E-state index in [1.807, 2.05) is 54.6 Å². The van der Waals surface area contributed by atoms with Crippen LogP contribution in [-0.2, 0) is 38.5 Å². The number of carbonyl (C=O) groups is 4. The largest absolute Gasteiger partial charge is 0.481 e. The van der Waals surface area contributed by atoms with Gasteiger partial charge in [0, 0.05) is 36.5 Å². The van der Waals surface area contributed by atoms with E-state index < -0.39 is 29.8 Å². The van der Waals surface area contributed by atoms with E-state index in [1.165, 1.54) is 0 Å². The maximum Gasteiger partial charge on any atom is 0.408 e. The summed E-state index contributed by atoms with van der Waals surface area (Å²) in [5.41, 5.74) is 1.72. The molecular formula is C34H43N3O8. The number of carboxylic acids is 1. The van der Waals surface area contributed by atoms with Gasteiger partial charge in [0.2, 0.25) is 5.91 Å². The van der Waals surface area contributed by atoms with Crippen molar-refractivity contribution in [2.24, 2.45) is 0 Å². The van der Waals surface area contributed by atoms with Crippen molar-refractivity contribution in [2.75, 3.05) is 13.1 Å². The molecule has 1 fully saturated rings. The van der Waals surface area contributed by atoms with Gasteiger partial charge in [-0.3, -0.25) is 9.59 Å². The first-order valence-corrected chi connectivity index (χ1v) is 15.5. The molecule has 3 amide bonds. The van der Waals surface area contributed by atoms with Crippen molar-refractivity contribution in [1.82, 2.24) is 15.5 Å². The topological polar surface area (TPSA) is 147 Å².